The number of ether oxygens (including phenoxy) is 2. The van der Waals surface area contributed by atoms with Gasteiger partial charge in [-0.15, -0.1) is 0 Å². The monoisotopic (exact) mass is 501 g/mol. The average Bonchev–Trinajstić information content (AvgIpc) is 2.85. The van der Waals surface area contributed by atoms with Crippen LogP contribution in [0.4, 0.5) is 23.2 Å². The first-order valence-corrected chi connectivity index (χ1v) is 10.8. The van der Waals surface area contributed by atoms with E-state index in [-0.39, 0.29) is 22.6 Å². The number of nitrogens with one attached hydrogen (secondary N) is 1. The number of halogens is 4. The maximum Gasteiger partial charge on any atom is 0.453 e. The van der Waals surface area contributed by atoms with Crippen LogP contribution in [-0.2, 0) is 17.4 Å². The second-order valence-corrected chi connectivity index (χ2v) is 7.66. The highest BCUT2D eigenvalue weighted by Crippen LogP contribution is 2.38. The zero-order valence-electron chi connectivity index (χ0n) is 18.8. The summed E-state index contributed by atoms with van der Waals surface area (Å²) in [5, 5.41) is 2.14. The van der Waals surface area contributed by atoms with Crippen molar-refractivity contribution in [1.82, 2.24) is 0 Å². The fraction of sp³-hybridized carbons (Fsp3) is 0.154. The predicted octanol–water partition coefficient (Wildman–Crippen LogP) is 6.32. The molecular weight excluding hydrogens is 482 g/mol. The Labute approximate surface area is 202 Å². The Hall–Kier alpha value is -4.34. The minimum Gasteiger partial charge on any atom is -0.484 e. The Morgan fingerprint density at radius 1 is 1.00 bits per heavy atom. The second-order valence-electron chi connectivity index (χ2n) is 7.66. The van der Waals surface area contributed by atoms with Gasteiger partial charge in [0.15, 0.2) is 6.61 Å². The Morgan fingerprint density at radius 3 is 2.36 bits per heavy atom. The molecule has 0 fully saturated rings. The Kier molecular flexibility index (Phi) is 6.96. The van der Waals surface area contributed by atoms with Gasteiger partial charge in [-0.1, -0.05) is 31.2 Å². The summed E-state index contributed by atoms with van der Waals surface area (Å²) in [7, 11) is 0. The Bertz CT molecular complexity index is 1460. The third-order valence-corrected chi connectivity index (χ3v) is 5.15. The van der Waals surface area contributed by atoms with Crippen molar-refractivity contribution in [3.8, 4) is 17.2 Å². The fourth-order valence-electron chi connectivity index (χ4n) is 3.33. The van der Waals surface area contributed by atoms with Crippen molar-refractivity contribution in [3.63, 3.8) is 0 Å². The third-order valence-electron chi connectivity index (χ3n) is 5.15. The quantitative estimate of drug-likeness (QED) is 0.300. The lowest BCUT2D eigenvalue weighted by atomic mass is 10.1. The van der Waals surface area contributed by atoms with Crippen molar-refractivity contribution in [3.05, 3.63) is 94.1 Å². The van der Waals surface area contributed by atoms with Crippen molar-refractivity contribution in [2.24, 2.45) is 0 Å². The van der Waals surface area contributed by atoms with E-state index in [9.17, 15) is 27.2 Å². The zero-order valence-corrected chi connectivity index (χ0v) is 18.8. The Balaban J connectivity index is 1.60. The summed E-state index contributed by atoms with van der Waals surface area (Å²) in [5.41, 5.74) is -0.540. The smallest absolute Gasteiger partial charge is 0.453 e. The number of anilines is 1. The highest BCUT2D eigenvalue weighted by molar-refractivity contribution is 5.92. The molecule has 36 heavy (non-hydrogen) atoms. The summed E-state index contributed by atoms with van der Waals surface area (Å²) in [6, 6.07) is 15.3. The maximum atomic E-state index is 13.7. The van der Waals surface area contributed by atoms with Gasteiger partial charge in [-0.3, -0.25) is 9.59 Å². The molecule has 0 saturated carbocycles. The molecule has 0 unspecified atom stereocenters. The number of carbonyl (C=O) groups excluding carboxylic acids is 1. The van der Waals surface area contributed by atoms with Crippen LogP contribution in [0.15, 0.2) is 75.9 Å². The van der Waals surface area contributed by atoms with Crippen LogP contribution in [0.1, 0.15) is 18.2 Å². The van der Waals surface area contributed by atoms with Crippen molar-refractivity contribution in [2.75, 3.05) is 11.9 Å². The first kappa shape index (κ1) is 24.8. The van der Waals surface area contributed by atoms with E-state index in [1.165, 1.54) is 42.5 Å². The van der Waals surface area contributed by atoms with Crippen molar-refractivity contribution < 1.29 is 36.2 Å². The summed E-state index contributed by atoms with van der Waals surface area (Å²) in [4.78, 5) is 25.0. The number of alkyl halides is 3. The van der Waals surface area contributed by atoms with Gasteiger partial charge >= 0.3 is 6.18 Å². The summed E-state index contributed by atoms with van der Waals surface area (Å²) >= 11 is 0. The SMILES string of the molecule is CCc1ccc(Oc2c(C(F)(F)F)oc3cc(OCC(=O)Nc4ccccc4F)ccc3c2=O)cc1. The van der Waals surface area contributed by atoms with Crippen LogP contribution in [0.3, 0.4) is 0 Å². The van der Waals surface area contributed by atoms with Crippen molar-refractivity contribution in [1.29, 1.82) is 0 Å². The number of aryl methyl sites for hydroxylation is 1. The van der Waals surface area contributed by atoms with E-state index in [2.05, 4.69) is 5.32 Å². The van der Waals surface area contributed by atoms with E-state index < -0.39 is 47.0 Å². The van der Waals surface area contributed by atoms with Crippen LogP contribution in [0.2, 0.25) is 0 Å². The summed E-state index contributed by atoms with van der Waals surface area (Å²) < 4.78 is 70.5. The first-order chi connectivity index (χ1) is 17.2. The van der Waals surface area contributed by atoms with Gasteiger partial charge in [0.2, 0.25) is 11.2 Å². The van der Waals surface area contributed by atoms with E-state index in [4.69, 9.17) is 13.9 Å². The molecular formula is C26H19F4NO5. The molecule has 6 nitrogen and oxygen atoms in total. The van der Waals surface area contributed by atoms with Crippen molar-refractivity contribution in [2.45, 2.75) is 19.5 Å². The van der Waals surface area contributed by atoms with Gasteiger partial charge in [-0.25, -0.2) is 4.39 Å². The molecule has 0 spiro atoms. The largest absolute Gasteiger partial charge is 0.484 e. The first-order valence-electron chi connectivity index (χ1n) is 10.8. The van der Waals surface area contributed by atoms with E-state index in [1.54, 1.807) is 12.1 Å². The highest BCUT2D eigenvalue weighted by Gasteiger charge is 2.40. The fourth-order valence-corrected chi connectivity index (χ4v) is 3.33. The lowest BCUT2D eigenvalue weighted by Gasteiger charge is -2.14. The molecule has 0 aliphatic heterocycles. The van der Waals surface area contributed by atoms with Gasteiger partial charge in [0.1, 0.15) is 22.9 Å². The maximum absolute atomic E-state index is 13.7. The molecule has 0 radical (unpaired) electrons. The molecule has 0 aliphatic rings. The number of fused-ring (bicyclic) bond motifs is 1. The van der Waals surface area contributed by atoms with Gasteiger partial charge in [0.05, 0.1) is 11.1 Å². The lowest BCUT2D eigenvalue weighted by molar-refractivity contribution is -0.154. The topological polar surface area (TPSA) is 77.8 Å². The van der Waals surface area contributed by atoms with Crippen LogP contribution in [-0.4, -0.2) is 12.5 Å². The van der Waals surface area contributed by atoms with Crippen LogP contribution >= 0.6 is 0 Å². The van der Waals surface area contributed by atoms with Crippen molar-refractivity contribution >= 4 is 22.6 Å². The average molecular weight is 501 g/mol. The van der Waals surface area contributed by atoms with Gasteiger partial charge in [0, 0.05) is 6.07 Å². The minimum atomic E-state index is -5.03. The molecule has 3 aromatic carbocycles. The summed E-state index contributed by atoms with van der Waals surface area (Å²) in [5.74, 6) is -3.92. The van der Waals surface area contributed by atoms with Crippen LogP contribution in [0, 0.1) is 5.82 Å². The van der Waals surface area contributed by atoms with E-state index >= 15 is 0 Å². The predicted molar refractivity (Wildman–Crippen MR) is 124 cm³/mol. The number of hydrogen-bond acceptors (Lipinski definition) is 5. The number of benzene rings is 3. The molecule has 0 saturated heterocycles. The normalized spacial score (nSPS) is 11.4. The molecule has 0 aliphatic carbocycles. The van der Waals surface area contributed by atoms with Crippen LogP contribution in [0.5, 0.6) is 17.2 Å². The standard InChI is InChI=1S/C26H19F4NO5/c1-2-15-7-9-16(10-8-15)35-24-23(33)18-12-11-17(13-21(18)36-25(24)26(28,29)30)34-14-22(32)31-20-6-4-3-5-19(20)27/h3-13H,2,14H2,1H3,(H,31,32). The molecule has 1 heterocycles. The molecule has 4 rings (SSSR count). The molecule has 1 N–H and O–H groups in total. The second kappa shape index (κ2) is 10.1. The Morgan fingerprint density at radius 2 is 1.69 bits per heavy atom. The van der Waals surface area contributed by atoms with E-state index in [0.717, 1.165) is 24.1 Å². The van der Waals surface area contributed by atoms with Gasteiger partial charge in [-0.2, -0.15) is 13.2 Å². The highest BCUT2D eigenvalue weighted by atomic mass is 19.4. The van der Waals surface area contributed by atoms with Gasteiger partial charge in [0.25, 0.3) is 11.7 Å². The van der Waals surface area contributed by atoms with E-state index in [0.29, 0.717) is 0 Å². The van der Waals surface area contributed by atoms with E-state index in [1.807, 2.05) is 6.92 Å². The number of para-hydroxylation sites is 1. The molecule has 186 valence electrons. The molecule has 4 aromatic rings. The number of hydrogen-bond donors (Lipinski definition) is 1. The number of carbonyl (C=O) groups is 1. The molecule has 1 aromatic heterocycles. The summed E-state index contributed by atoms with van der Waals surface area (Å²) in [6.45, 7) is 1.36. The molecule has 0 atom stereocenters. The number of rotatable bonds is 7. The molecule has 1 amide bonds. The van der Waals surface area contributed by atoms with Gasteiger partial charge in [-0.05, 0) is 48.4 Å². The van der Waals surface area contributed by atoms with Gasteiger partial charge < -0.3 is 19.2 Å². The summed E-state index contributed by atoms with van der Waals surface area (Å²) in [6.07, 6.45) is -4.30. The zero-order chi connectivity index (χ0) is 25.9. The van der Waals surface area contributed by atoms with Crippen LogP contribution in [0.25, 0.3) is 11.0 Å². The molecule has 10 heteroatoms. The third kappa shape index (κ3) is 5.48. The lowest BCUT2D eigenvalue weighted by Crippen LogP contribution is -2.20. The number of amides is 1. The van der Waals surface area contributed by atoms with Crippen LogP contribution < -0.4 is 20.2 Å². The minimum absolute atomic E-state index is 0.0359. The molecule has 0 bridgehead atoms.